The maximum Gasteiger partial charge on any atom is 0.291 e. The number of nitrogens with one attached hydrogen (secondary N) is 1. The Morgan fingerprint density at radius 3 is 3.06 bits per heavy atom. The van der Waals surface area contributed by atoms with Gasteiger partial charge in [-0.3, -0.25) is 4.79 Å². The lowest BCUT2D eigenvalue weighted by molar-refractivity contribution is 0.0927. The highest BCUT2D eigenvalue weighted by Crippen LogP contribution is 2.27. The topological polar surface area (TPSA) is 109 Å². The van der Waals surface area contributed by atoms with Gasteiger partial charge in [0.15, 0.2) is 11.6 Å². The van der Waals surface area contributed by atoms with Gasteiger partial charge in [-0.15, -0.1) is 5.10 Å². The first-order valence-corrected chi connectivity index (χ1v) is 10.0. The number of thiocarbonyl (C=S) groups is 1. The van der Waals surface area contributed by atoms with Crippen LogP contribution in [-0.4, -0.2) is 50.3 Å². The number of anilines is 1. The van der Waals surface area contributed by atoms with Gasteiger partial charge in [0.1, 0.15) is 17.6 Å². The Hall–Kier alpha value is -3.55. The molecular weight excluding hydrogens is 438 g/mol. The number of nitrogens with zero attached hydrogens (tertiary/aromatic N) is 6. The zero-order valence-electron chi connectivity index (χ0n) is 16.3. The number of hydrogen-bond acceptors (Lipinski definition) is 7. The lowest BCUT2D eigenvalue weighted by Gasteiger charge is -2.22. The van der Waals surface area contributed by atoms with Crippen molar-refractivity contribution >= 4 is 40.5 Å². The van der Waals surface area contributed by atoms with Crippen LogP contribution in [0.3, 0.4) is 0 Å². The van der Waals surface area contributed by atoms with Crippen LogP contribution in [0.15, 0.2) is 42.6 Å². The minimum atomic E-state index is -0.584. The number of ether oxygens (including phenoxy) is 1. The van der Waals surface area contributed by atoms with Gasteiger partial charge in [0.25, 0.3) is 5.91 Å². The molecule has 156 valence electrons. The molecule has 0 aliphatic carbocycles. The van der Waals surface area contributed by atoms with Crippen LogP contribution in [0.4, 0.5) is 5.82 Å². The number of pyridine rings is 1. The van der Waals surface area contributed by atoms with Crippen molar-refractivity contribution in [2.24, 2.45) is 0 Å². The summed E-state index contributed by atoms with van der Waals surface area (Å²) in [5, 5.41) is 16.1. The van der Waals surface area contributed by atoms with E-state index in [1.165, 1.54) is 4.68 Å². The standard InChI is InChI=1S/C20H16ClN7O2S/c1-27-17-15(6-3-7-23-17)30-11-14(19(27)31)24-18(29)16-25-20(21)28(26-16)10-13-5-2-4-12(8-13)9-22/h2-8,14H,10-11H2,1H3,(H,24,29)/t14-/m0/s1. The summed E-state index contributed by atoms with van der Waals surface area (Å²) in [5.41, 5.74) is 1.33. The quantitative estimate of drug-likeness (QED) is 0.599. The first kappa shape index (κ1) is 20.7. The van der Waals surface area contributed by atoms with Crippen LogP contribution in [0.1, 0.15) is 21.7 Å². The van der Waals surface area contributed by atoms with Crippen LogP contribution in [0, 0.1) is 11.3 Å². The van der Waals surface area contributed by atoms with Crippen molar-refractivity contribution in [1.82, 2.24) is 25.1 Å². The number of rotatable bonds is 4. The summed E-state index contributed by atoms with van der Waals surface area (Å²) in [4.78, 5) is 23.3. The van der Waals surface area contributed by atoms with Crippen molar-refractivity contribution in [1.29, 1.82) is 5.26 Å². The first-order valence-electron chi connectivity index (χ1n) is 9.22. The molecule has 0 saturated carbocycles. The molecule has 11 heteroatoms. The van der Waals surface area contributed by atoms with E-state index in [0.717, 1.165) is 5.56 Å². The molecule has 0 bridgehead atoms. The van der Waals surface area contributed by atoms with Crippen molar-refractivity contribution in [3.63, 3.8) is 0 Å². The molecule has 4 rings (SSSR count). The Morgan fingerprint density at radius 1 is 1.42 bits per heavy atom. The summed E-state index contributed by atoms with van der Waals surface area (Å²) in [5.74, 6) is 0.532. The third-order valence-electron chi connectivity index (χ3n) is 4.63. The predicted octanol–water partition coefficient (Wildman–Crippen LogP) is 2.20. The minimum Gasteiger partial charge on any atom is -0.487 e. The SMILES string of the molecule is CN1C(=S)[C@@H](NC(=O)c2nc(Cl)n(Cc3cccc(C#N)c3)n2)COc2cccnc21. The fraction of sp³-hybridized carbons (Fsp3) is 0.200. The third kappa shape index (κ3) is 4.33. The molecule has 1 amide bonds. The maximum atomic E-state index is 12.8. The van der Waals surface area contributed by atoms with E-state index in [9.17, 15) is 4.79 Å². The number of fused-ring (bicyclic) bond motifs is 1. The zero-order valence-corrected chi connectivity index (χ0v) is 17.9. The third-order valence-corrected chi connectivity index (χ3v) is 5.46. The number of halogens is 1. The molecule has 0 unspecified atom stereocenters. The minimum absolute atomic E-state index is 0.0564. The van der Waals surface area contributed by atoms with E-state index in [1.54, 1.807) is 48.5 Å². The average molecular weight is 454 g/mol. The molecule has 2 aromatic heterocycles. The summed E-state index contributed by atoms with van der Waals surface area (Å²) in [7, 11) is 1.77. The van der Waals surface area contributed by atoms with Crippen LogP contribution in [0.25, 0.3) is 0 Å². The average Bonchev–Trinajstić information content (AvgIpc) is 3.10. The van der Waals surface area contributed by atoms with Crippen molar-refractivity contribution < 1.29 is 9.53 Å². The molecule has 1 aliphatic rings. The molecule has 0 saturated heterocycles. The fourth-order valence-electron chi connectivity index (χ4n) is 3.09. The van der Waals surface area contributed by atoms with Crippen molar-refractivity contribution in [3.8, 4) is 11.8 Å². The van der Waals surface area contributed by atoms with Crippen LogP contribution >= 0.6 is 23.8 Å². The number of benzene rings is 1. The fourth-order valence-corrected chi connectivity index (χ4v) is 3.48. The Bertz CT molecular complexity index is 1210. The Labute approximate surface area is 188 Å². The van der Waals surface area contributed by atoms with Crippen molar-refractivity contribution in [2.45, 2.75) is 12.6 Å². The van der Waals surface area contributed by atoms with Crippen LogP contribution < -0.4 is 15.0 Å². The monoisotopic (exact) mass is 453 g/mol. The van der Waals surface area contributed by atoms with Gasteiger partial charge in [0, 0.05) is 13.2 Å². The zero-order chi connectivity index (χ0) is 22.0. The van der Waals surface area contributed by atoms with E-state index < -0.39 is 11.9 Å². The van der Waals surface area contributed by atoms with Crippen LogP contribution in [0.5, 0.6) is 5.75 Å². The van der Waals surface area contributed by atoms with Crippen LogP contribution in [0.2, 0.25) is 5.28 Å². The predicted molar refractivity (Wildman–Crippen MR) is 117 cm³/mol. The second-order valence-electron chi connectivity index (χ2n) is 6.73. The van der Waals surface area contributed by atoms with Gasteiger partial charge in [0.2, 0.25) is 11.1 Å². The highest BCUT2D eigenvalue weighted by molar-refractivity contribution is 7.80. The van der Waals surface area contributed by atoms with Gasteiger partial charge in [-0.05, 0) is 41.4 Å². The molecule has 1 atom stereocenters. The number of carbonyl (C=O) groups excluding carboxylic acids is 1. The maximum absolute atomic E-state index is 12.8. The molecular formula is C20H16ClN7O2S. The summed E-state index contributed by atoms with van der Waals surface area (Å²) in [6.07, 6.45) is 1.64. The van der Waals surface area contributed by atoms with E-state index >= 15 is 0 Å². The van der Waals surface area contributed by atoms with Gasteiger partial charge < -0.3 is 15.0 Å². The normalized spacial score (nSPS) is 15.5. The van der Waals surface area contributed by atoms with Crippen molar-refractivity contribution in [3.05, 3.63) is 64.8 Å². The largest absolute Gasteiger partial charge is 0.487 e. The Balaban J connectivity index is 1.49. The number of likely N-dealkylation sites (N-methyl/N-ethyl adjacent to an activating group) is 1. The van der Waals surface area contributed by atoms with Gasteiger partial charge in [0.05, 0.1) is 18.2 Å². The number of amides is 1. The Kier molecular flexibility index (Phi) is 5.79. The molecule has 3 aromatic rings. The van der Waals surface area contributed by atoms with E-state index in [4.69, 9.17) is 33.8 Å². The summed E-state index contributed by atoms with van der Waals surface area (Å²) < 4.78 is 7.15. The lowest BCUT2D eigenvalue weighted by Crippen LogP contribution is -2.48. The van der Waals surface area contributed by atoms with Gasteiger partial charge >= 0.3 is 0 Å². The summed E-state index contributed by atoms with van der Waals surface area (Å²) in [6, 6.07) is 12.1. The molecule has 0 fully saturated rings. The van der Waals surface area contributed by atoms with E-state index in [0.29, 0.717) is 22.1 Å². The molecule has 31 heavy (non-hydrogen) atoms. The van der Waals surface area contributed by atoms with Crippen molar-refractivity contribution in [2.75, 3.05) is 18.6 Å². The number of nitriles is 1. The van der Waals surface area contributed by atoms with E-state index in [1.807, 2.05) is 6.07 Å². The molecule has 3 heterocycles. The Morgan fingerprint density at radius 2 is 2.26 bits per heavy atom. The molecule has 0 spiro atoms. The first-order chi connectivity index (χ1) is 15.0. The van der Waals surface area contributed by atoms with Gasteiger partial charge in [-0.1, -0.05) is 24.4 Å². The van der Waals surface area contributed by atoms with Crippen LogP contribution in [-0.2, 0) is 6.54 Å². The second kappa shape index (κ2) is 8.67. The lowest BCUT2D eigenvalue weighted by atomic mass is 10.1. The highest BCUT2D eigenvalue weighted by Gasteiger charge is 2.29. The molecule has 1 aromatic carbocycles. The smallest absolute Gasteiger partial charge is 0.291 e. The number of carbonyl (C=O) groups is 1. The molecule has 9 nitrogen and oxygen atoms in total. The highest BCUT2D eigenvalue weighted by atomic mass is 35.5. The van der Waals surface area contributed by atoms with Gasteiger partial charge in [-0.25, -0.2) is 9.67 Å². The second-order valence-corrected chi connectivity index (χ2v) is 7.49. The summed E-state index contributed by atoms with van der Waals surface area (Å²) >= 11 is 11.7. The van der Waals surface area contributed by atoms with E-state index in [2.05, 4.69) is 26.5 Å². The van der Waals surface area contributed by atoms with Gasteiger partial charge in [-0.2, -0.15) is 10.2 Å². The summed E-state index contributed by atoms with van der Waals surface area (Å²) in [6.45, 7) is 0.409. The number of aromatic nitrogens is 4. The molecule has 0 radical (unpaired) electrons. The molecule has 1 aliphatic heterocycles. The van der Waals surface area contributed by atoms with E-state index in [-0.39, 0.29) is 24.3 Å². The number of hydrogen-bond donors (Lipinski definition) is 1. The molecule has 1 N–H and O–H groups in total.